The van der Waals surface area contributed by atoms with Gasteiger partial charge in [0.15, 0.2) is 0 Å². The van der Waals surface area contributed by atoms with Crippen LogP contribution in [-0.4, -0.2) is 0 Å². The molecule has 1 atom stereocenters. The second-order valence-electron chi connectivity index (χ2n) is 5.47. The van der Waals surface area contributed by atoms with Crippen LogP contribution >= 0.6 is 31.9 Å². The smallest absolute Gasteiger partial charge is 0.0650 e. The van der Waals surface area contributed by atoms with Crippen molar-refractivity contribution in [3.8, 4) is 0 Å². The number of fused-ring (bicyclic) bond motifs is 1. The molecule has 0 aliphatic carbocycles. The molecule has 2 heteroatoms. The molecule has 0 saturated heterocycles. The van der Waals surface area contributed by atoms with Crippen LogP contribution in [0, 0.1) is 13.8 Å². The molecule has 0 spiro atoms. The zero-order valence-corrected chi connectivity index (χ0v) is 15.2. The Bertz CT molecular complexity index is 786. The standard InChI is InChI=1S/C19H16Br2/c1-12-9-13(2)11-14(10-12)19(21)17-7-8-18(20)16-6-4-3-5-15(16)17/h3-11,19H,1-2H3. The van der Waals surface area contributed by atoms with E-state index in [9.17, 15) is 0 Å². The molecule has 0 radical (unpaired) electrons. The quantitative estimate of drug-likeness (QED) is 0.417. The molecule has 0 amide bonds. The van der Waals surface area contributed by atoms with Crippen LogP contribution in [-0.2, 0) is 0 Å². The minimum absolute atomic E-state index is 0.203. The van der Waals surface area contributed by atoms with E-state index in [1.807, 2.05) is 0 Å². The lowest BCUT2D eigenvalue weighted by molar-refractivity contribution is 1.17. The summed E-state index contributed by atoms with van der Waals surface area (Å²) >= 11 is 7.54. The van der Waals surface area contributed by atoms with Crippen molar-refractivity contribution in [3.63, 3.8) is 0 Å². The predicted molar refractivity (Wildman–Crippen MR) is 98.3 cm³/mol. The SMILES string of the molecule is Cc1cc(C)cc(C(Br)c2ccc(Br)c3ccccc23)c1. The van der Waals surface area contributed by atoms with Crippen molar-refractivity contribution in [1.29, 1.82) is 0 Å². The van der Waals surface area contributed by atoms with Gasteiger partial charge in [-0.25, -0.2) is 0 Å². The van der Waals surface area contributed by atoms with Gasteiger partial charge in [0.2, 0.25) is 0 Å². The topological polar surface area (TPSA) is 0 Å². The molecule has 0 heterocycles. The summed E-state index contributed by atoms with van der Waals surface area (Å²) in [5, 5.41) is 2.54. The van der Waals surface area contributed by atoms with Crippen LogP contribution in [0.3, 0.4) is 0 Å². The van der Waals surface area contributed by atoms with Crippen molar-refractivity contribution in [2.75, 3.05) is 0 Å². The van der Waals surface area contributed by atoms with E-state index in [-0.39, 0.29) is 4.83 Å². The van der Waals surface area contributed by atoms with E-state index < -0.39 is 0 Å². The second-order valence-corrected chi connectivity index (χ2v) is 7.24. The third-order valence-corrected chi connectivity index (χ3v) is 5.43. The van der Waals surface area contributed by atoms with Gasteiger partial charge in [0, 0.05) is 4.47 Å². The first-order valence-corrected chi connectivity index (χ1v) is 8.66. The Hall–Kier alpha value is -1.12. The first-order chi connectivity index (χ1) is 10.1. The molecule has 106 valence electrons. The minimum Gasteiger partial charge on any atom is -0.0786 e. The van der Waals surface area contributed by atoms with Crippen LogP contribution in [0.4, 0.5) is 0 Å². The van der Waals surface area contributed by atoms with Crippen molar-refractivity contribution in [1.82, 2.24) is 0 Å². The van der Waals surface area contributed by atoms with Crippen LogP contribution in [0.25, 0.3) is 10.8 Å². The van der Waals surface area contributed by atoms with Crippen LogP contribution in [0.1, 0.15) is 27.1 Å². The fraction of sp³-hybridized carbons (Fsp3) is 0.158. The van der Waals surface area contributed by atoms with E-state index in [0.29, 0.717) is 0 Å². The monoisotopic (exact) mass is 402 g/mol. The van der Waals surface area contributed by atoms with Gasteiger partial charge < -0.3 is 0 Å². The van der Waals surface area contributed by atoms with E-state index in [0.717, 1.165) is 4.47 Å². The highest BCUT2D eigenvalue weighted by Gasteiger charge is 2.15. The third-order valence-electron chi connectivity index (χ3n) is 3.71. The number of hydrogen-bond acceptors (Lipinski definition) is 0. The zero-order chi connectivity index (χ0) is 15.0. The van der Waals surface area contributed by atoms with Crippen LogP contribution in [0.5, 0.6) is 0 Å². The highest BCUT2D eigenvalue weighted by molar-refractivity contribution is 9.10. The molecular weight excluding hydrogens is 388 g/mol. The van der Waals surface area contributed by atoms with Gasteiger partial charge in [0.05, 0.1) is 4.83 Å². The molecule has 0 bridgehead atoms. The summed E-state index contributed by atoms with van der Waals surface area (Å²) in [6.45, 7) is 4.30. The summed E-state index contributed by atoms with van der Waals surface area (Å²) < 4.78 is 1.14. The van der Waals surface area contributed by atoms with Gasteiger partial charge in [-0.15, -0.1) is 0 Å². The number of hydrogen-bond donors (Lipinski definition) is 0. The number of halogens is 2. The lowest BCUT2D eigenvalue weighted by Crippen LogP contribution is -1.96. The molecule has 0 aromatic heterocycles. The summed E-state index contributed by atoms with van der Waals surface area (Å²) in [5.41, 5.74) is 5.21. The molecule has 0 nitrogen and oxygen atoms in total. The maximum absolute atomic E-state index is 3.89. The average Bonchev–Trinajstić information content (AvgIpc) is 2.46. The molecule has 3 rings (SSSR count). The van der Waals surface area contributed by atoms with Gasteiger partial charge >= 0.3 is 0 Å². The van der Waals surface area contributed by atoms with Gasteiger partial charge in [0.1, 0.15) is 0 Å². The second kappa shape index (κ2) is 5.94. The Morgan fingerprint density at radius 1 is 0.810 bits per heavy atom. The highest BCUT2D eigenvalue weighted by atomic mass is 79.9. The molecule has 0 fully saturated rings. The first kappa shape index (κ1) is 14.8. The largest absolute Gasteiger partial charge is 0.0786 e. The Labute approximate surface area is 142 Å². The van der Waals surface area contributed by atoms with E-state index in [1.54, 1.807) is 0 Å². The van der Waals surface area contributed by atoms with E-state index in [2.05, 4.69) is 100 Å². The summed E-state index contributed by atoms with van der Waals surface area (Å²) in [6.07, 6.45) is 0. The van der Waals surface area contributed by atoms with Gasteiger partial charge in [-0.1, -0.05) is 91.5 Å². The molecule has 0 N–H and O–H groups in total. The van der Waals surface area contributed by atoms with Gasteiger partial charge in [0.25, 0.3) is 0 Å². The van der Waals surface area contributed by atoms with E-state index in [4.69, 9.17) is 0 Å². The van der Waals surface area contributed by atoms with Crippen molar-refractivity contribution in [3.05, 3.63) is 81.3 Å². The molecule has 0 aliphatic rings. The van der Waals surface area contributed by atoms with Gasteiger partial charge in [-0.2, -0.15) is 0 Å². The molecule has 0 saturated carbocycles. The van der Waals surface area contributed by atoms with Crippen molar-refractivity contribution >= 4 is 42.6 Å². The summed E-state index contributed by atoms with van der Waals surface area (Å²) in [7, 11) is 0. The van der Waals surface area contributed by atoms with Crippen molar-refractivity contribution < 1.29 is 0 Å². The fourth-order valence-electron chi connectivity index (χ4n) is 2.84. The zero-order valence-electron chi connectivity index (χ0n) is 12.0. The summed E-state index contributed by atoms with van der Waals surface area (Å²) in [5.74, 6) is 0. The van der Waals surface area contributed by atoms with Crippen LogP contribution in [0.2, 0.25) is 0 Å². The maximum atomic E-state index is 3.89. The van der Waals surface area contributed by atoms with Crippen molar-refractivity contribution in [2.24, 2.45) is 0 Å². The molecule has 21 heavy (non-hydrogen) atoms. The summed E-state index contributed by atoms with van der Waals surface area (Å²) in [4.78, 5) is 0.203. The molecule has 1 unspecified atom stereocenters. The average molecular weight is 404 g/mol. The Morgan fingerprint density at radius 2 is 1.43 bits per heavy atom. The Kier molecular flexibility index (Phi) is 4.19. The number of rotatable bonds is 2. The number of aryl methyl sites for hydroxylation is 2. The van der Waals surface area contributed by atoms with Gasteiger partial charge in [-0.3, -0.25) is 0 Å². The molecule has 0 aliphatic heterocycles. The van der Waals surface area contributed by atoms with Crippen LogP contribution in [0.15, 0.2) is 59.1 Å². The minimum atomic E-state index is 0.203. The van der Waals surface area contributed by atoms with E-state index >= 15 is 0 Å². The Balaban J connectivity index is 2.18. The first-order valence-electron chi connectivity index (χ1n) is 6.95. The lowest BCUT2D eigenvalue weighted by atomic mass is 9.96. The normalized spacial score (nSPS) is 12.6. The maximum Gasteiger partial charge on any atom is 0.0650 e. The molecular formula is C19H16Br2. The highest BCUT2D eigenvalue weighted by Crippen LogP contribution is 2.38. The third kappa shape index (κ3) is 2.93. The van der Waals surface area contributed by atoms with Crippen molar-refractivity contribution in [2.45, 2.75) is 18.7 Å². The summed E-state index contributed by atoms with van der Waals surface area (Å²) in [6, 6.07) is 19.6. The molecule has 3 aromatic carbocycles. The van der Waals surface area contributed by atoms with Crippen LogP contribution < -0.4 is 0 Å². The van der Waals surface area contributed by atoms with Gasteiger partial charge in [-0.05, 0) is 41.8 Å². The predicted octanol–water partition coefficient (Wildman–Crippen LogP) is 6.70. The number of alkyl halides is 1. The number of benzene rings is 3. The fourth-order valence-corrected chi connectivity index (χ4v) is 3.98. The molecule has 3 aromatic rings. The Morgan fingerprint density at radius 3 is 2.10 bits per heavy atom. The lowest BCUT2D eigenvalue weighted by Gasteiger charge is -2.16. The van der Waals surface area contributed by atoms with E-state index in [1.165, 1.54) is 33.0 Å².